The highest BCUT2D eigenvalue weighted by Crippen LogP contribution is 2.35. The zero-order valence-corrected chi connectivity index (χ0v) is 15.9. The van der Waals surface area contributed by atoms with E-state index in [1.807, 2.05) is 30.3 Å². The average molecular weight is 386 g/mol. The van der Waals surface area contributed by atoms with E-state index in [1.54, 1.807) is 19.1 Å². The summed E-state index contributed by atoms with van der Waals surface area (Å²) in [5, 5.41) is 8.80. The first-order chi connectivity index (χ1) is 13.3. The molecule has 0 heterocycles. The van der Waals surface area contributed by atoms with Gasteiger partial charge >= 0.3 is 5.97 Å². The Kier molecular flexibility index (Phi) is 7.28. The number of Topliss-reactive ketones (excluding diaryl/α,β-unsaturated/α-hetero) is 2. The number of hydrogen-bond donors (Lipinski definition) is 1. The molecule has 7 heteroatoms. The monoisotopic (exact) mass is 386 g/mol. The predicted molar refractivity (Wildman–Crippen MR) is 101 cm³/mol. The first kappa shape index (κ1) is 21.1. The third kappa shape index (κ3) is 5.40. The minimum Gasteiger partial charge on any atom is -0.493 e. The molecule has 1 N–H and O–H groups in total. The zero-order chi connectivity index (χ0) is 20.7. The smallest absolute Gasteiger partial charge is 0.372 e. The molecule has 0 aliphatic carbocycles. The van der Waals surface area contributed by atoms with Crippen molar-refractivity contribution in [3.63, 3.8) is 0 Å². The van der Waals surface area contributed by atoms with E-state index >= 15 is 0 Å². The van der Waals surface area contributed by atoms with Crippen LogP contribution in [0.3, 0.4) is 0 Å². The number of carboxylic acids is 1. The lowest BCUT2D eigenvalue weighted by atomic mass is 9.97. The number of methoxy groups -OCH3 is 2. The number of carbonyl (C=O) groups is 3. The number of carbonyl (C=O) groups excluding carboxylic acids is 2. The minimum absolute atomic E-state index is 0.0729. The number of hydrogen-bond acceptors (Lipinski definition) is 6. The number of ketones is 2. The van der Waals surface area contributed by atoms with Gasteiger partial charge in [0.1, 0.15) is 0 Å². The molecule has 0 radical (unpaired) electrons. The Morgan fingerprint density at radius 1 is 1.04 bits per heavy atom. The summed E-state index contributed by atoms with van der Waals surface area (Å²) in [5.41, 5.74) is 1.85. The van der Waals surface area contributed by atoms with Gasteiger partial charge in [-0.2, -0.15) is 0 Å². The fraction of sp³-hybridized carbons (Fsp3) is 0.286. The van der Waals surface area contributed by atoms with Crippen molar-refractivity contribution in [3.8, 4) is 11.5 Å². The van der Waals surface area contributed by atoms with Gasteiger partial charge in [0.15, 0.2) is 23.6 Å². The van der Waals surface area contributed by atoms with E-state index in [0.29, 0.717) is 12.2 Å². The molecule has 0 spiro atoms. The van der Waals surface area contributed by atoms with Crippen molar-refractivity contribution in [1.29, 1.82) is 0 Å². The van der Waals surface area contributed by atoms with E-state index in [1.165, 1.54) is 14.2 Å². The average Bonchev–Trinajstić information content (AvgIpc) is 2.69. The maximum atomic E-state index is 12.7. The predicted octanol–water partition coefficient (Wildman–Crippen LogP) is 2.88. The summed E-state index contributed by atoms with van der Waals surface area (Å²) in [6, 6.07) is 12.9. The summed E-state index contributed by atoms with van der Waals surface area (Å²) in [4.78, 5) is 35.0. The Bertz CT molecular complexity index is 859. The standard InChI is InChI=1S/C21H22O7/c1-13(26-2)28-20-16(17(22)12-18(23)21(24)25)10-15(11-19(20)27-3)9-14-7-5-4-6-8-14/h4-8,10-11,13H,9,12H2,1-3H3,(H,24,25). The Balaban J connectivity index is 2.48. The van der Waals surface area contributed by atoms with Gasteiger partial charge in [-0.05, 0) is 36.6 Å². The van der Waals surface area contributed by atoms with Gasteiger partial charge in [0.25, 0.3) is 0 Å². The van der Waals surface area contributed by atoms with E-state index in [-0.39, 0.29) is 11.3 Å². The molecule has 1 atom stereocenters. The summed E-state index contributed by atoms with van der Waals surface area (Å²) in [6.45, 7) is 1.63. The molecule has 2 rings (SSSR count). The highest BCUT2D eigenvalue weighted by molar-refractivity contribution is 6.37. The van der Waals surface area contributed by atoms with Crippen molar-refractivity contribution in [2.75, 3.05) is 14.2 Å². The van der Waals surface area contributed by atoms with Crippen molar-refractivity contribution in [2.24, 2.45) is 0 Å². The molecule has 0 saturated heterocycles. The zero-order valence-electron chi connectivity index (χ0n) is 15.9. The molecular formula is C21H22O7. The number of aliphatic carboxylic acids is 1. The molecule has 7 nitrogen and oxygen atoms in total. The largest absolute Gasteiger partial charge is 0.493 e. The number of carboxylic acid groups (broad SMARTS) is 1. The maximum absolute atomic E-state index is 12.7. The molecule has 0 aromatic heterocycles. The molecule has 148 valence electrons. The molecule has 0 aliphatic heterocycles. The summed E-state index contributed by atoms with van der Waals surface area (Å²) < 4.78 is 16.1. The second kappa shape index (κ2) is 9.66. The highest BCUT2D eigenvalue weighted by Gasteiger charge is 2.25. The van der Waals surface area contributed by atoms with E-state index in [9.17, 15) is 14.4 Å². The van der Waals surface area contributed by atoms with Crippen LogP contribution in [0.5, 0.6) is 11.5 Å². The molecule has 0 saturated carbocycles. The second-order valence-electron chi connectivity index (χ2n) is 6.09. The molecule has 0 aliphatic rings. The van der Waals surface area contributed by atoms with E-state index in [2.05, 4.69) is 0 Å². The van der Waals surface area contributed by atoms with Gasteiger partial charge in [0, 0.05) is 7.11 Å². The van der Waals surface area contributed by atoms with Crippen molar-refractivity contribution in [3.05, 3.63) is 59.2 Å². The van der Waals surface area contributed by atoms with Gasteiger partial charge in [-0.3, -0.25) is 9.59 Å². The Morgan fingerprint density at radius 3 is 2.29 bits per heavy atom. The second-order valence-corrected chi connectivity index (χ2v) is 6.09. The third-order valence-corrected chi connectivity index (χ3v) is 4.06. The molecule has 0 amide bonds. The number of ether oxygens (including phenoxy) is 3. The first-order valence-corrected chi connectivity index (χ1v) is 8.59. The quantitative estimate of drug-likeness (QED) is 0.290. The lowest BCUT2D eigenvalue weighted by molar-refractivity contribution is -0.148. The van der Waals surface area contributed by atoms with Crippen LogP contribution < -0.4 is 9.47 Å². The Hall–Kier alpha value is -3.19. The fourth-order valence-electron chi connectivity index (χ4n) is 2.60. The minimum atomic E-state index is -1.66. The van der Waals surface area contributed by atoms with Gasteiger partial charge in [0.2, 0.25) is 5.78 Å². The molecule has 0 bridgehead atoms. The Morgan fingerprint density at radius 2 is 1.71 bits per heavy atom. The van der Waals surface area contributed by atoms with Gasteiger partial charge in [0.05, 0.1) is 19.1 Å². The van der Waals surface area contributed by atoms with Gasteiger partial charge in [-0.15, -0.1) is 0 Å². The molecule has 28 heavy (non-hydrogen) atoms. The summed E-state index contributed by atoms with van der Waals surface area (Å²) in [5.74, 6) is -3.11. The van der Waals surface area contributed by atoms with E-state index < -0.39 is 30.2 Å². The summed E-state index contributed by atoms with van der Waals surface area (Å²) in [7, 11) is 2.87. The first-order valence-electron chi connectivity index (χ1n) is 8.59. The summed E-state index contributed by atoms with van der Waals surface area (Å²) in [6.07, 6.45) is -0.939. The van der Waals surface area contributed by atoms with Gasteiger partial charge < -0.3 is 19.3 Å². The van der Waals surface area contributed by atoms with Crippen molar-refractivity contribution >= 4 is 17.5 Å². The van der Waals surface area contributed by atoms with Crippen LogP contribution in [0, 0.1) is 0 Å². The molecule has 1 unspecified atom stereocenters. The van der Waals surface area contributed by atoms with Crippen LogP contribution in [0.15, 0.2) is 42.5 Å². The van der Waals surface area contributed by atoms with Gasteiger partial charge in [-0.1, -0.05) is 30.3 Å². The number of benzene rings is 2. The lowest BCUT2D eigenvalue weighted by Gasteiger charge is -2.19. The van der Waals surface area contributed by atoms with E-state index in [0.717, 1.165) is 11.1 Å². The molecule has 0 fully saturated rings. The van der Waals surface area contributed by atoms with Crippen LogP contribution >= 0.6 is 0 Å². The highest BCUT2D eigenvalue weighted by atomic mass is 16.7. The normalized spacial score (nSPS) is 11.5. The van der Waals surface area contributed by atoms with Gasteiger partial charge in [-0.25, -0.2) is 4.79 Å². The lowest BCUT2D eigenvalue weighted by Crippen LogP contribution is -2.20. The number of rotatable bonds is 10. The topological polar surface area (TPSA) is 99.1 Å². The van der Waals surface area contributed by atoms with E-state index in [4.69, 9.17) is 19.3 Å². The molecule has 2 aromatic rings. The third-order valence-electron chi connectivity index (χ3n) is 4.06. The Labute approximate surface area is 162 Å². The van der Waals surface area contributed by atoms with Crippen molar-refractivity contribution in [1.82, 2.24) is 0 Å². The summed E-state index contributed by atoms with van der Waals surface area (Å²) >= 11 is 0. The van der Waals surface area contributed by atoms with Crippen LogP contribution in [-0.4, -0.2) is 43.2 Å². The van der Waals surface area contributed by atoms with Crippen LogP contribution in [0.2, 0.25) is 0 Å². The van der Waals surface area contributed by atoms with Crippen LogP contribution in [-0.2, 0) is 20.7 Å². The van der Waals surface area contributed by atoms with Crippen molar-refractivity contribution < 1.29 is 33.7 Å². The van der Waals surface area contributed by atoms with Crippen LogP contribution in [0.1, 0.15) is 34.8 Å². The molecular weight excluding hydrogens is 364 g/mol. The van der Waals surface area contributed by atoms with Crippen LogP contribution in [0.4, 0.5) is 0 Å². The van der Waals surface area contributed by atoms with Crippen LogP contribution in [0.25, 0.3) is 0 Å². The van der Waals surface area contributed by atoms with Crippen molar-refractivity contribution in [2.45, 2.75) is 26.1 Å². The maximum Gasteiger partial charge on any atom is 0.372 e. The molecule has 2 aromatic carbocycles. The fourth-order valence-corrected chi connectivity index (χ4v) is 2.60. The SMILES string of the molecule is COc1cc(Cc2ccccc2)cc(C(=O)CC(=O)C(=O)O)c1OC(C)OC.